The smallest absolute Gasteiger partial charge is 0.309 e. The maximum absolute atomic E-state index is 12.9. The van der Waals surface area contributed by atoms with Crippen LogP contribution in [0.15, 0.2) is 65.6 Å². The van der Waals surface area contributed by atoms with Gasteiger partial charge in [0.05, 0.1) is 16.8 Å². The van der Waals surface area contributed by atoms with Crippen molar-refractivity contribution >= 4 is 15.6 Å². The highest BCUT2D eigenvalue weighted by Gasteiger charge is 2.20. The van der Waals surface area contributed by atoms with Crippen molar-refractivity contribution in [3.05, 3.63) is 71.1 Å². The van der Waals surface area contributed by atoms with Crippen LogP contribution in [-0.4, -0.2) is 18.6 Å². The Balaban J connectivity index is 2.21. The van der Waals surface area contributed by atoms with Gasteiger partial charge in [-0.15, -0.1) is 0 Å². The topological polar surface area (TPSA) is 64.8 Å². The fourth-order valence-corrected chi connectivity index (χ4v) is 3.76. The third-order valence-corrected chi connectivity index (χ3v) is 5.10. The van der Waals surface area contributed by atoms with Crippen molar-refractivity contribution in [3.8, 4) is 16.9 Å². The Labute approximate surface area is 146 Å². The third kappa shape index (κ3) is 3.74. The summed E-state index contributed by atoms with van der Waals surface area (Å²) in [6.07, 6.45) is 2.91. The number of benzene rings is 1. The lowest BCUT2D eigenvalue weighted by Gasteiger charge is -2.13. The second-order valence-corrected chi connectivity index (χ2v) is 7.44. The van der Waals surface area contributed by atoms with Crippen molar-refractivity contribution in [2.24, 2.45) is 0 Å². The summed E-state index contributed by atoms with van der Waals surface area (Å²) in [6, 6.07) is 15.8. The number of nitrogens with zero attached hydrogens (tertiary/aromatic N) is 1. The summed E-state index contributed by atoms with van der Waals surface area (Å²) in [7, 11) is -3.76. The second-order valence-electron chi connectivity index (χ2n) is 5.75. The van der Waals surface area contributed by atoms with Crippen molar-refractivity contribution in [2.45, 2.75) is 19.8 Å². The molecule has 0 saturated carbocycles. The maximum Gasteiger partial charge on any atom is 0.309 e. The summed E-state index contributed by atoms with van der Waals surface area (Å²) >= 11 is 0. The molecule has 0 aliphatic carbocycles. The number of hydrogen-bond acceptors (Lipinski definition) is 4. The fraction of sp³-hybridized carbons (Fsp3) is 0.211. The van der Waals surface area contributed by atoms with Gasteiger partial charge in [-0.1, -0.05) is 49.7 Å². The summed E-state index contributed by atoms with van der Waals surface area (Å²) in [6.45, 7) is 1.91. The van der Waals surface area contributed by atoms with E-state index in [9.17, 15) is 13.2 Å². The quantitative estimate of drug-likeness (QED) is 0.634. The monoisotopic (exact) mass is 357 g/mol. The highest BCUT2D eigenvalue weighted by molar-refractivity contribution is 7.87. The lowest BCUT2D eigenvalue weighted by Crippen LogP contribution is -2.20. The molecule has 25 heavy (non-hydrogen) atoms. The zero-order chi connectivity index (χ0) is 17.9. The van der Waals surface area contributed by atoms with Gasteiger partial charge in [0.1, 0.15) is 0 Å². The minimum absolute atomic E-state index is 0.0681. The molecule has 130 valence electrons. The Morgan fingerprint density at radius 1 is 1.04 bits per heavy atom. The molecule has 0 fully saturated rings. The van der Waals surface area contributed by atoms with E-state index in [1.165, 1.54) is 4.40 Å². The molecular formula is C19H19NO4S. The Kier molecular flexibility index (Phi) is 4.90. The third-order valence-electron chi connectivity index (χ3n) is 3.88. The van der Waals surface area contributed by atoms with Crippen LogP contribution in [0, 0.1) is 0 Å². The lowest BCUT2D eigenvalue weighted by molar-refractivity contribution is 0.484. The van der Waals surface area contributed by atoms with Crippen molar-refractivity contribution in [2.75, 3.05) is 5.75 Å². The molecule has 6 heteroatoms. The average molecular weight is 357 g/mol. The fourth-order valence-electron chi connectivity index (χ4n) is 2.63. The molecule has 0 spiro atoms. The average Bonchev–Trinajstić information content (AvgIpc) is 2.61. The van der Waals surface area contributed by atoms with E-state index < -0.39 is 10.1 Å². The molecule has 0 amide bonds. The zero-order valence-electron chi connectivity index (χ0n) is 13.9. The molecule has 0 aliphatic heterocycles. The van der Waals surface area contributed by atoms with Gasteiger partial charge in [0.25, 0.3) is 5.56 Å². The number of aromatic nitrogens is 1. The first-order valence-electron chi connectivity index (χ1n) is 8.14. The predicted molar refractivity (Wildman–Crippen MR) is 98.4 cm³/mol. The van der Waals surface area contributed by atoms with Crippen LogP contribution < -0.4 is 9.74 Å². The van der Waals surface area contributed by atoms with E-state index in [-0.39, 0.29) is 22.6 Å². The van der Waals surface area contributed by atoms with E-state index in [2.05, 4.69) is 0 Å². The Morgan fingerprint density at radius 2 is 1.76 bits per heavy atom. The largest absolute Gasteiger partial charge is 0.381 e. The molecular weight excluding hydrogens is 338 g/mol. The summed E-state index contributed by atoms with van der Waals surface area (Å²) in [4.78, 5) is 12.9. The number of unbranched alkanes of at least 4 members (excludes halogenated alkanes) is 1. The number of hydrogen-bond donors (Lipinski definition) is 0. The first-order chi connectivity index (χ1) is 12.0. The van der Waals surface area contributed by atoms with Gasteiger partial charge in [-0.05, 0) is 24.1 Å². The van der Waals surface area contributed by atoms with Crippen LogP contribution in [0.4, 0.5) is 0 Å². The van der Waals surface area contributed by atoms with Gasteiger partial charge >= 0.3 is 10.1 Å². The predicted octanol–water partition coefficient (Wildman–Crippen LogP) is 3.48. The molecule has 2 aromatic heterocycles. The second kappa shape index (κ2) is 7.11. The van der Waals surface area contributed by atoms with E-state index in [0.29, 0.717) is 17.5 Å². The van der Waals surface area contributed by atoms with E-state index in [1.807, 2.05) is 13.0 Å². The molecule has 0 atom stereocenters. The number of pyridine rings is 2. The Hall–Kier alpha value is -2.60. The minimum atomic E-state index is -3.76. The first kappa shape index (κ1) is 17.2. The SMILES string of the molecule is CCCCS(=O)(=O)Oc1cc2ccccn2c(=O)c1-c1ccccc1. The standard InChI is InChI=1S/C19H19NO4S/c1-2-3-13-25(22,23)24-17-14-16-11-7-8-12-20(16)19(21)18(17)15-9-5-4-6-10-15/h4-12,14H,2-3,13H2,1H3. The highest BCUT2D eigenvalue weighted by atomic mass is 32.2. The maximum atomic E-state index is 12.9. The van der Waals surface area contributed by atoms with E-state index in [1.54, 1.807) is 54.7 Å². The van der Waals surface area contributed by atoms with Crippen LogP contribution >= 0.6 is 0 Å². The van der Waals surface area contributed by atoms with Crippen LogP contribution in [-0.2, 0) is 10.1 Å². The van der Waals surface area contributed by atoms with Crippen molar-refractivity contribution < 1.29 is 12.6 Å². The zero-order valence-corrected chi connectivity index (χ0v) is 14.7. The summed E-state index contributed by atoms with van der Waals surface area (Å²) in [5.41, 5.74) is 1.12. The van der Waals surface area contributed by atoms with Gasteiger partial charge < -0.3 is 4.18 Å². The molecule has 5 nitrogen and oxygen atoms in total. The highest BCUT2D eigenvalue weighted by Crippen LogP contribution is 2.29. The molecule has 0 N–H and O–H groups in total. The summed E-state index contributed by atoms with van der Waals surface area (Å²) < 4.78 is 31.3. The molecule has 2 heterocycles. The van der Waals surface area contributed by atoms with Crippen LogP contribution in [0.25, 0.3) is 16.6 Å². The van der Waals surface area contributed by atoms with Gasteiger partial charge in [-0.3, -0.25) is 9.20 Å². The van der Waals surface area contributed by atoms with Crippen LogP contribution in [0.1, 0.15) is 19.8 Å². The number of fused-ring (bicyclic) bond motifs is 1. The molecule has 3 rings (SSSR count). The Bertz CT molecular complexity index is 1040. The molecule has 0 saturated heterocycles. The molecule has 0 aliphatic rings. The summed E-state index contributed by atoms with van der Waals surface area (Å²) in [5, 5.41) is 0. The minimum Gasteiger partial charge on any atom is -0.381 e. The number of rotatable bonds is 6. The van der Waals surface area contributed by atoms with Gasteiger partial charge in [-0.2, -0.15) is 8.42 Å². The van der Waals surface area contributed by atoms with E-state index in [4.69, 9.17) is 4.18 Å². The lowest BCUT2D eigenvalue weighted by atomic mass is 10.1. The van der Waals surface area contributed by atoms with Gasteiger partial charge in [0, 0.05) is 12.3 Å². The van der Waals surface area contributed by atoms with Crippen LogP contribution in [0.5, 0.6) is 5.75 Å². The van der Waals surface area contributed by atoms with Gasteiger partial charge in [0.2, 0.25) is 0 Å². The van der Waals surface area contributed by atoms with Crippen molar-refractivity contribution in [3.63, 3.8) is 0 Å². The first-order valence-corrected chi connectivity index (χ1v) is 9.71. The van der Waals surface area contributed by atoms with Crippen molar-refractivity contribution in [1.82, 2.24) is 4.40 Å². The molecule has 0 unspecified atom stereocenters. The van der Waals surface area contributed by atoms with Gasteiger partial charge in [-0.25, -0.2) is 0 Å². The van der Waals surface area contributed by atoms with Crippen LogP contribution in [0.3, 0.4) is 0 Å². The van der Waals surface area contributed by atoms with E-state index >= 15 is 0 Å². The molecule has 0 radical (unpaired) electrons. The summed E-state index contributed by atoms with van der Waals surface area (Å²) in [5.74, 6) is -0.00943. The van der Waals surface area contributed by atoms with Gasteiger partial charge in [0.15, 0.2) is 5.75 Å². The molecule has 1 aromatic carbocycles. The van der Waals surface area contributed by atoms with E-state index in [0.717, 1.165) is 6.42 Å². The Morgan fingerprint density at radius 3 is 2.48 bits per heavy atom. The normalized spacial score (nSPS) is 11.6. The molecule has 3 aromatic rings. The van der Waals surface area contributed by atoms with Crippen LogP contribution in [0.2, 0.25) is 0 Å². The molecule has 0 bridgehead atoms. The van der Waals surface area contributed by atoms with Crippen molar-refractivity contribution in [1.29, 1.82) is 0 Å².